The molecule has 4 heteroatoms. The smallest absolute Gasteiger partial charge is 0.0270 e. The van der Waals surface area contributed by atoms with Gasteiger partial charge in [0.15, 0.2) is 0 Å². The van der Waals surface area contributed by atoms with Gasteiger partial charge in [-0.25, -0.2) is 0 Å². The van der Waals surface area contributed by atoms with E-state index < -0.39 is 0 Å². The molecule has 0 N–H and O–H groups in total. The summed E-state index contributed by atoms with van der Waals surface area (Å²) in [5.74, 6) is 0.763. The Morgan fingerprint density at radius 3 is 2.62 bits per heavy atom. The predicted octanol–water partition coefficient (Wildman–Crippen LogP) is 2.66. The van der Waals surface area contributed by atoms with Crippen molar-refractivity contribution in [2.24, 2.45) is 11.0 Å². The number of azide groups is 1. The molecule has 0 atom stereocenters. The van der Waals surface area contributed by atoms with Gasteiger partial charge in [0.1, 0.15) is 0 Å². The van der Waals surface area contributed by atoms with Crippen LogP contribution in [-0.2, 0) is 0 Å². The quantitative estimate of drug-likeness (QED) is 0.260. The normalized spacial score (nSPS) is 10.5. The average Bonchev–Trinajstić information content (AvgIpc) is 2.09. The fourth-order valence-electron chi connectivity index (χ4n) is 1.05. The van der Waals surface area contributed by atoms with Crippen molar-refractivity contribution in [3.05, 3.63) is 10.4 Å². The van der Waals surface area contributed by atoms with E-state index in [1.807, 2.05) is 0 Å². The molecule has 0 aromatic heterocycles. The number of hydrogen-bond acceptors (Lipinski definition) is 2. The van der Waals surface area contributed by atoms with E-state index in [4.69, 9.17) is 5.53 Å². The van der Waals surface area contributed by atoms with Gasteiger partial charge in [0, 0.05) is 11.5 Å². The summed E-state index contributed by atoms with van der Waals surface area (Å²) in [4.78, 5) is 5.00. The second kappa shape index (κ2) is 7.90. The Kier molecular flexibility index (Phi) is 7.45. The standard InChI is InChI=1S/C9H20N4/c1-9(2)5-8-13(3)7-4-6-11-12-10/h9H,4-8H2,1-3H3. The molecule has 0 bridgehead atoms. The molecule has 0 spiro atoms. The molecule has 0 saturated carbocycles. The molecule has 0 aromatic carbocycles. The van der Waals surface area contributed by atoms with E-state index in [0.29, 0.717) is 6.54 Å². The SMILES string of the molecule is CC(C)CCN(C)CCCN=[N+]=[N-]. The zero-order valence-electron chi connectivity index (χ0n) is 8.90. The second-order valence-corrected chi connectivity index (χ2v) is 3.79. The molecule has 0 unspecified atom stereocenters. The Bertz CT molecular complexity index is 161. The Labute approximate surface area is 80.6 Å². The third-order valence-electron chi connectivity index (χ3n) is 1.95. The van der Waals surface area contributed by atoms with Crippen LogP contribution >= 0.6 is 0 Å². The number of rotatable bonds is 7. The fraction of sp³-hybridized carbons (Fsp3) is 1.00. The van der Waals surface area contributed by atoms with Crippen molar-refractivity contribution < 1.29 is 0 Å². The first kappa shape index (κ1) is 12.3. The summed E-state index contributed by atoms with van der Waals surface area (Å²) in [5, 5.41) is 3.49. The van der Waals surface area contributed by atoms with Gasteiger partial charge in [-0.1, -0.05) is 19.0 Å². The van der Waals surface area contributed by atoms with Gasteiger partial charge < -0.3 is 4.90 Å². The summed E-state index contributed by atoms with van der Waals surface area (Å²) in [6.45, 7) is 7.23. The van der Waals surface area contributed by atoms with Crippen molar-refractivity contribution in [1.29, 1.82) is 0 Å². The lowest BCUT2D eigenvalue weighted by Crippen LogP contribution is -2.22. The molecule has 76 valence electrons. The van der Waals surface area contributed by atoms with Gasteiger partial charge in [0.05, 0.1) is 0 Å². The van der Waals surface area contributed by atoms with Crippen LogP contribution in [0.25, 0.3) is 10.4 Å². The molecule has 0 heterocycles. The molecule has 0 aliphatic heterocycles. The van der Waals surface area contributed by atoms with E-state index in [9.17, 15) is 0 Å². The van der Waals surface area contributed by atoms with Crippen LogP contribution in [0.2, 0.25) is 0 Å². The minimum atomic E-state index is 0.614. The molecule has 0 aliphatic carbocycles. The summed E-state index contributed by atoms with van der Waals surface area (Å²) in [6.07, 6.45) is 2.19. The Hall–Kier alpha value is -0.730. The van der Waals surface area contributed by atoms with Crippen LogP contribution in [-0.4, -0.2) is 31.6 Å². The number of hydrogen-bond donors (Lipinski definition) is 0. The molecule has 0 aromatic rings. The summed E-state index contributed by atoms with van der Waals surface area (Å²) in [6, 6.07) is 0. The first-order valence-corrected chi connectivity index (χ1v) is 4.86. The van der Waals surface area contributed by atoms with Crippen molar-refractivity contribution in [1.82, 2.24) is 4.90 Å². The first-order chi connectivity index (χ1) is 6.16. The van der Waals surface area contributed by atoms with E-state index in [2.05, 4.69) is 35.8 Å². The molecule has 13 heavy (non-hydrogen) atoms. The lowest BCUT2D eigenvalue weighted by atomic mass is 10.1. The molecular weight excluding hydrogens is 164 g/mol. The summed E-state index contributed by atoms with van der Waals surface area (Å²) >= 11 is 0. The highest BCUT2D eigenvalue weighted by Gasteiger charge is 1.99. The molecule has 0 amide bonds. The minimum Gasteiger partial charge on any atom is -0.306 e. The Morgan fingerprint density at radius 2 is 2.08 bits per heavy atom. The highest BCUT2D eigenvalue weighted by molar-refractivity contribution is 4.56. The van der Waals surface area contributed by atoms with Crippen molar-refractivity contribution >= 4 is 0 Å². The Balaban J connectivity index is 3.29. The van der Waals surface area contributed by atoms with Crippen LogP contribution in [0.5, 0.6) is 0 Å². The topological polar surface area (TPSA) is 52.0 Å². The second-order valence-electron chi connectivity index (χ2n) is 3.79. The summed E-state index contributed by atoms with van der Waals surface area (Å²) in [7, 11) is 2.11. The van der Waals surface area contributed by atoms with E-state index in [1.54, 1.807) is 0 Å². The van der Waals surface area contributed by atoms with E-state index >= 15 is 0 Å². The lowest BCUT2D eigenvalue weighted by molar-refractivity contribution is 0.308. The highest BCUT2D eigenvalue weighted by Crippen LogP contribution is 2.00. The first-order valence-electron chi connectivity index (χ1n) is 4.86. The zero-order valence-corrected chi connectivity index (χ0v) is 8.90. The van der Waals surface area contributed by atoms with Gasteiger partial charge in [-0.15, -0.1) is 0 Å². The van der Waals surface area contributed by atoms with Crippen LogP contribution in [0.15, 0.2) is 5.11 Å². The van der Waals surface area contributed by atoms with Gasteiger partial charge in [-0.05, 0) is 44.4 Å². The van der Waals surface area contributed by atoms with E-state index in [0.717, 1.165) is 25.4 Å². The maximum atomic E-state index is 8.05. The predicted molar refractivity (Wildman–Crippen MR) is 55.6 cm³/mol. The summed E-state index contributed by atoms with van der Waals surface area (Å²) in [5.41, 5.74) is 8.05. The average molecular weight is 184 g/mol. The molecule has 0 rings (SSSR count). The summed E-state index contributed by atoms with van der Waals surface area (Å²) < 4.78 is 0. The van der Waals surface area contributed by atoms with Gasteiger partial charge in [-0.2, -0.15) is 0 Å². The van der Waals surface area contributed by atoms with Crippen molar-refractivity contribution in [3.63, 3.8) is 0 Å². The lowest BCUT2D eigenvalue weighted by Gasteiger charge is -2.16. The number of nitrogens with zero attached hydrogens (tertiary/aromatic N) is 4. The molecule has 4 nitrogen and oxygen atoms in total. The van der Waals surface area contributed by atoms with Crippen LogP contribution in [0.1, 0.15) is 26.7 Å². The minimum absolute atomic E-state index is 0.614. The third kappa shape index (κ3) is 9.18. The largest absolute Gasteiger partial charge is 0.306 e. The van der Waals surface area contributed by atoms with E-state index in [-0.39, 0.29) is 0 Å². The van der Waals surface area contributed by atoms with Gasteiger partial charge in [0.2, 0.25) is 0 Å². The van der Waals surface area contributed by atoms with E-state index in [1.165, 1.54) is 6.42 Å². The van der Waals surface area contributed by atoms with Gasteiger partial charge in [0.25, 0.3) is 0 Å². The van der Waals surface area contributed by atoms with Crippen LogP contribution < -0.4 is 0 Å². The molecule has 0 saturated heterocycles. The van der Waals surface area contributed by atoms with Crippen molar-refractivity contribution in [2.75, 3.05) is 26.7 Å². The zero-order chi connectivity index (χ0) is 10.1. The van der Waals surface area contributed by atoms with Gasteiger partial charge >= 0.3 is 0 Å². The maximum Gasteiger partial charge on any atom is 0.0270 e. The highest BCUT2D eigenvalue weighted by atomic mass is 15.1. The van der Waals surface area contributed by atoms with Gasteiger partial charge in [-0.3, -0.25) is 0 Å². The fourth-order valence-corrected chi connectivity index (χ4v) is 1.05. The van der Waals surface area contributed by atoms with Crippen LogP contribution in [0, 0.1) is 5.92 Å². The monoisotopic (exact) mass is 184 g/mol. The molecular formula is C9H20N4. The van der Waals surface area contributed by atoms with Crippen LogP contribution in [0.3, 0.4) is 0 Å². The van der Waals surface area contributed by atoms with Crippen molar-refractivity contribution in [3.8, 4) is 0 Å². The molecule has 0 aliphatic rings. The molecule has 0 fully saturated rings. The Morgan fingerprint density at radius 1 is 1.38 bits per heavy atom. The maximum absolute atomic E-state index is 8.05. The molecule has 0 radical (unpaired) electrons. The third-order valence-corrected chi connectivity index (χ3v) is 1.95. The van der Waals surface area contributed by atoms with Crippen molar-refractivity contribution in [2.45, 2.75) is 26.7 Å². The van der Waals surface area contributed by atoms with Crippen LogP contribution in [0.4, 0.5) is 0 Å².